The lowest BCUT2D eigenvalue weighted by atomic mass is 10.1. The number of halogens is 1. The molecule has 11 heteroatoms. The predicted molar refractivity (Wildman–Crippen MR) is 135 cm³/mol. The van der Waals surface area contributed by atoms with E-state index in [1.807, 2.05) is 13.8 Å². The second-order valence-corrected chi connectivity index (χ2v) is 9.84. The molecule has 3 aromatic carbocycles. The van der Waals surface area contributed by atoms with Crippen LogP contribution < -0.4 is 10.0 Å². The van der Waals surface area contributed by atoms with Crippen molar-refractivity contribution >= 4 is 50.8 Å². The normalized spacial score (nSPS) is 10.9. The summed E-state index contributed by atoms with van der Waals surface area (Å²) in [5.41, 5.74) is 2.33. The molecule has 0 aliphatic rings. The second kappa shape index (κ2) is 10.8. The first kappa shape index (κ1) is 26.7. The van der Waals surface area contributed by atoms with E-state index in [2.05, 4.69) is 19.5 Å². The summed E-state index contributed by atoms with van der Waals surface area (Å²) in [7, 11) is -1.78. The van der Waals surface area contributed by atoms with E-state index in [1.54, 1.807) is 18.2 Å². The number of hydrogen-bond acceptors (Lipinski definition) is 7. The monoisotopic (exact) mass is 530 g/mol. The van der Waals surface area contributed by atoms with Gasteiger partial charge in [-0.2, -0.15) is 0 Å². The highest BCUT2D eigenvalue weighted by Crippen LogP contribution is 2.27. The number of anilines is 2. The summed E-state index contributed by atoms with van der Waals surface area (Å²) >= 11 is 6.16. The molecule has 0 saturated carbocycles. The smallest absolute Gasteiger partial charge is 0.337 e. The van der Waals surface area contributed by atoms with Gasteiger partial charge < -0.3 is 14.8 Å². The van der Waals surface area contributed by atoms with E-state index >= 15 is 0 Å². The van der Waals surface area contributed by atoms with E-state index in [0.29, 0.717) is 5.69 Å². The van der Waals surface area contributed by atoms with Crippen molar-refractivity contribution in [2.45, 2.75) is 18.7 Å². The minimum atomic E-state index is -4.13. The Hall–Kier alpha value is -3.89. The van der Waals surface area contributed by atoms with Gasteiger partial charge in [-0.15, -0.1) is 0 Å². The standard InChI is InChI=1S/C25H23ClN2O7S/c1-14-5-7-19(9-15(14)2)28-36(32,33)22-13-16(6-8-21(22)26)23(29)27-20-11-17(24(30)34-3)10-18(12-20)25(31)35-4/h5-13,28H,1-4H3,(H,27,29). The van der Waals surface area contributed by atoms with Crippen LogP contribution in [0.15, 0.2) is 59.5 Å². The van der Waals surface area contributed by atoms with Crippen molar-refractivity contribution in [1.82, 2.24) is 0 Å². The number of methoxy groups -OCH3 is 2. The average molecular weight is 531 g/mol. The Morgan fingerprint density at radius 1 is 0.750 bits per heavy atom. The van der Waals surface area contributed by atoms with E-state index in [9.17, 15) is 22.8 Å². The highest BCUT2D eigenvalue weighted by atomic mass is 35.5. The summed E-state index contributed by atoms with van der Waals surface area (Å²) in [5.74, 6) is -2.16. The van der Waals surface area contributed by atoms with Crippen LogP contribution in [0.2, 0.25) is 5.02 Å². The van der Waals surface area contributed by atoms with Gasteiger partial charge in [-0.25, -0.2) is 18.0 Å². The Kier molecular flexibility index (Phi) is 8.01. The largest absolute Gasteiger partial charge is 0.465 e. The van der Waals surface area contributed by atoms with Crippen LogP contribution in [0.3, 0.4) is 0 Å². The fourth-order valence-corrected chi connectivity index (χ4v) is 4.82. The number of esters is 2. The lowest BCUT2D eigenvalue weighted by Crippen LogP contribution is -2.17. The molecule has 0 bridgehead atoms. The molecule has 2 N–H and O–H groups in total. The van der Waals surface area contributed by atoms with E-state index in [0.717, 1.165) is 17.2 Å². The molecule has 0 spiro atoms. The average Bonchev–Trinajstić information content (AvgIpc) is 2.84. The summed E-state index contributed by atoms with van der Waals surface area (Å²) in [6.07, 6.45) is 0. The molecule has 0 radical (unpaired) electrons. The molecule has 3 aromatic rings. The van der Waals surface area contributed by atoms with Crippen molar-refractivity contribution in [3.63, 3.8) is 0 Å². The van der Waals surface area contributed by atoms with Gasteiger partial charge in [0.2, 0.25) is 0 Å². The minimum absolute atomic E-state index is 0.00710. The van der Waals surface area contributed by atoms with E-state index < -0.39 is 27.9 Å². The molecule has 0 atom stereocenters. The summed E-state index contributed by atoms with van der Waals surface area (Å²) in [6.45, 7) is 3.76. The van der Waals surface area contributed by atoms with Crippen molar-refractivity contribution in [2.75, 3.05) is 24.3 Å². The Morgan fingerprint density at radius 3 is 1.92 bits per heavy atom. The molecular formula is C25H23ClN2O7S. The number of hydrogen-bond donors (Lipinski definition) is 2. The number of rotatable bonds is 7. The van der Waals surface area contributed by atoms with Crippen LogP contribution in [-0.2, 0) is 19.5 Å². The summed E-state index contributed by atoms with van der Waals surface area (Å²) < 4.78 is 37.9. The summed E-state index contributed by atoms with van der Waals surface area (Å²) in [6, 6.07) is 12.7. The van der Waals surface area contributed by atoms with Gasteiger partial charge in [-0.05, 0) is 73.5 Å². The molecule has 0 aliphatic heterocycles. The van der Waals surface area contributed by atoms with Gasteiger partial charge in [0.15, 0.2) is 0 Å². The molecule has 3 rings (SSSR count). The lowest BCUT2D eigenvalue weighted by molar-refractivity contribution is 0.0598. The topological polar surface area (TPSA) is 128 Å². The van der Waals surface area contributed by atoms with Gasteiger partial charge in [-0.3, -0.25) is 9.52 Å². The third-order valence-corrected chi connectivity index (χ3v) is 7.14. The molecule has 0 unspecified atom stereocenters. The molecule has 0 aromatic heterocycles. The molecule has 0 saturated heterocycles. The fourth-order valence-electron chi connectivity index (χ4n) is 3.24. The van der Waals surface area contributed by atoms with Gasteiger partial charge in [0.25, 0.3) is 15.9 Å². The van der Waals surface area contributed by atoms with Crippen LogP contribution in [0.5, 0.6) is 0 Å². The number of benzene rings is 3. The molecule has 0 fully saturated rings. The van der Waals surface area contributed by atoms with Crippen molar-refractivity contribution in [3.05, 3.63) is 87.4 Å². The third kappa shape index (κ3) is 6.02. The van der Waals surface area contributed by atoms with E-state index in [-0.39, 0.29) is 32.3 Å². The maximum Gasteiger partial charge on any atom is 0.337 e. The van der Waals surface area contributed by atoms with Crippen LogP contribution in [0.4, 0.5) is 11.4 Å². The minimum Gasteiger partial charge on any atom is -0.465 e. The van der Waals surface area contributed by atoms with Crippen molar-refractivity contribution < 1.29 is 32.3 Å². The second-order valence-electron chi connectivity index (χ2n) is 7.79. The number of carbonyl (C=O) groups is 3. The Morgan fingerprint density at radius 2 is 1.36 bits per heavy atom. The number of aryl methyl sites for hydroxylation is 2. The first-order chi connectivity index (χ1) is 16.9. The van der Waals surface area contributed by atoms with Crippen LogP contribution in [0.25, 0.3) is 0 Å². The Bertz CT molecular complexity index is 1430. The van der Waals surface area contributed by atoms with Gasteiger partial charge in [0, 0.05) is 16.9 Å². The highest BCUT2D eigenvalue weighted by molar-refractivity contribution is 7.92. The molecule has 9 nitrogen and oxygen atoms in total. The Balaban J connectivity index is 1.93. The van der Waals surface area contributed by atoms with Crippen LogP contribution in [-0.4, -0.2) is 40.5 Å². The molecular weight excluding hydrogens is 508 g/mol. The first-order valence-electron chi connectivity index (χ1n) is 10.5. The predicted octanol–water partition coefficient (Wildman–Crippen LogP) is 4.58. The zero-order chi connectivity index (χ0) is 26.6. The van der Waals surface area contributed by atoms with Gasteiger partial charge in [-0.1, -0.05) is 17.7 Å². The van der Waals surface area contributed by atoms with E-state index in [1.165, 1.54) is 44.6 Å². The highest BCUT2D eigenvalue weighted by Gasteiger charge is 2.22. The number of sulfonamides is 1. The van der Waals surface area contributed by atoms with Crippen molar-refractivity contribution in [1.29, 1.82) is 0 Å². The van der Waals surface area contributed by atoms with Crippen molar-refractivity contribution in [3.8, 4) is 0 Å². The summed E-state index contributed by atoms with van der Waals surface area (Å²) in [5, 5.41) is 2.47. The molecule has 188 valence electrons. The number of ether oxygens (including phenoxy) is 2. The third-order valence-electron chi connectivity index (χ3n) is 5.28. The number of carbonyl (C=O) groups excluding carboxylic acids is 3. The molecule has 36 heavy (non-hydrogen) atoms. The SMILES string of the molecule is COC(=O)c1cc(NC(=O)c2ccc(Cl)c(S(=O)(=O)Nc3ccc(C)c(C)c3)c2)cc(C(=O)OC)c1. The van der Waals surface area contributed by atoms with Crippen LogP contribution in [0, 0.1) is 13.8 Å². The fraction of sp³-hybridized carbons (Fsp3) is 0.160. The van der Waals surface area contributed by atoms with Gasteiger partial charge in [0.1, 0.15) is 4.90 Å². The van der Waals surface area contributed by atoms with Gasteiger partial charge in [0.05, 0.1) is 30.4 Å². The zero-order valence-electron chi connectivity index (χ0n) is 19.8. The zero-order valence-corrected chi connectivity index (χ0v) is 21.4. The first-order valence-corrected chi connectivity index (χ1v) is 12.3. The molecule has 1 amide bonds. The number of amides is 1. The quantitative estimate of drug-likeness (QED) is 0.428. The van der Waals surface area contributed by atoms with Gasteiger partial charge >= 0.3 is 11.9 Å². The Labute approximate surface area is 213 Å². The van der Waals surface area contributed by atoms with Crippen LogP contribution >= 0.6 is 11.6 Å². The molecule has 0 heterocycles. The maximum atomic E-state index is 13.0. The van der Waals surface area contributed by atoms with Crippen LogP contribution in [0.1, 0.15) is 42.2 Å². The number of nitrogens with one attached hydrogen (secondary N) is 2. The van der Waals surface area contributed by atoms with E-state index in [4.69, 9.17) is 11.6 Å². The molecule has 0 aliphatic carbocycles. The maximum absolute atomic E-state index is 13.0. The lowest BCUT2D eigenvalue weighted by Gasteiger charge is -2.13. The van der Waals surface area contributed by atoms with Crippen molar-refractivity contribution in [2.24, 2.45) is 0 Å². The summed E-state index contributed by atoms with van der Waals surface area (Å²) in [4.78, 5) is 36.6.